The van der Waals surface area contributed by atoms with Gasteiger partial charge in [-0.3, -0.25) is 4.79 Å². The molecular formula is C17H25ClN2O2. The fourth-order valence-electron chi connectivity index (χ4n) is 3.23. The molecule has 0 bridgehead atoms. The summed E-state index contributed by atoms with van der Waals surface area (Å²) in [6.45, 7) is 5.22. The number of nitrogens with zero attached hydrogens (tertiary/aromatic N) is 1. The molecule has 2 fully saturated rings. The molecule has 2 aliphatic heterocycles. The van der Waals surface area contributed by atoms with Crippen LogP contribution in [0.5, 0.6) is 0 Å². The number of rotatable bonds is 2. The third-order valence-electron chi connectivity index (χ3n) is 4.53. The molecule has 22 heavy (non-hydrogen) atoms. The molecule has 1 aromatic rings. The van der Waals surface area contributed by atoms with E-state index in [1.54, 1.807) is 0 Å². The van der Waals surface area contributed by atoms with Crippen LogP contribution in [0.3, 0.4) is 0 Å². The van der Waals surface area contributed by atoms with Crippen molar-refractivity contribution >= 4 is 18.3 Å². The number of hydrogen-bond acceptors (Lipinski definition) is 3. The van der Waals surface area contributed by atoms with Gasteiger partial charge in [-0.05, 0) is 31.9 Å². The molecule has 1 aromatic carbocycles. The summed E-state index contributed by atoms with van der Waals surface area (Å²) in [7, 11) is 0. The molecule has 2 aliphatic rings. The van der Waals surface area contributed by atoms with Crippen molar-refractivity contribution in [2.45, 2.75) is 31.9 Å². The van der Waals surface area contributed by atoms with E-state index in [0.29, 0.717) is 19.1 Å². The van der Waals surface area contributed by atoms with Crippen LogP contribution in [0.4, 0.5) is 0 Å². The molecule has 0 saturated carbocycles. The Morgan fingerprint density at radius 1 is 1.32 bits per heavy atom. The maximum Gasteiger partial charge on any atom is 0.227 e. The van der Waals surface area contributed by atoms with Crippen LogP contribution in [0.15, 0.2) is 30.3 Å². The van der Waals surface area contributed by atoms with E-state index in [-0.39, 0.29) is 30.5 Å². The Hall–Kier alpha value is -1.10. The van der Waals surface area contributed by atoms with E-state index in [0.717, 1.165) is 31.5 Å². The zero-order valence-electron chi connectivity index (χ0n) is 13.0. The van der Waals surface area contributed by atoms with Crippen molar-refractivity contribution in [3.63, 3.8) is 0 Å². The molecule has 122 valence electrons. The molecule has 0 aliphatic carbocycles. The van der Waals surface area contributed by atoms with E-state index in [9.17, 15) is 4.79 Å². The van der Waals surface area contributed by atoms with Crippen LogP contribution < -0.4 is 5.32 Å². The van der Waals surface area contributed by atoms with Crippen molar-refractivity contribution in [1.82, 2.24) is 10.2 Å². The van der Waals surface area contributed by atoms with Crippen molar-refractivity contribution in [3.05, 3.63) is 35.9 Å². The third kappa shape index (κ3) is 3.80. The summed E-state index contributed by atoms with van der Waals surface area (Å²) in [5, 5.41) is 3.33. The first-order valence-electron chi connectivity index (χ1n) is 7.93. The van der Waals surface area contributed by atoms with E-state index in [4.69, 9.17) is 4.74 Å². The topological polar surface area (TPSA) is 41.6 Å². The number of benzene rings is 1. The number of ether oxygens (including phenoxy) is 1. The van der Waals surface area contributed by atoms with Crippen LogP contribution in [0.1, 0.15) is 31.4 Å². The lowest BCUT2D eigenvalue weighted by Gasteiger charge is -2.40. The summed E-state index contributed by atoms with van der Waals surface area (Å²) >= 11 is 0. The molecule has 2 heterocycles. The zero-order chi connectivity index (χ0) is 14.7. The average Bonchev–Trinajstić information content (AvgIpc) is 2.56. The highest BCUT2D eigenvalue weighted by Gasteiger charge is 2.34. The molecular weight excluding hydrogens is 300 g/mol. The fourth-order valence-corrected chi connectivity index (χ4v) is 3.23. The molecule has 0 aromatic heterocycles. The maximum atomic E-state index is 12.8. The van der Waals surface area contributed by atoms with Crippen LogP contribution in [-0.2, 0) is 9.53 Å². The number of morpholine rings is 1. The average molecular weight is 325 g/mol. The first kappa shape index (κ1) is 17.3. The predicted octanol–water partition coefficient (Wildman–Crippen LogP) is 2.40. The number of carbonyl (C=O) groups is 1. The Labute approximate surface area is 138 Å². The van der Waals surface area contributed by atoms with Gasteiger partial charge in [-0.15, -0.1) is 12.4 Å². The highest BCUT2D eigenvalue weighted by atomic mass is 35.5. The minimum Gasteiger partial charge on any atom is -0.370 e. The lowest BCUT2D eigenvalue weighted by molar-refractivity contribution is -0.149. The molecule has 1 amide bonds. The Kier molecular flexibility index (Phi) is 6.24. The van der Waals surface area contributed by atoms with Gasteiger partial charge in [-0.25, -0.2) is 0 Å². The highest BCUT2D eigenvalue weighted by molar-refractivity contribution is 5.85. The van der Waals surface area contributed by atoms with Gasteiger partial charge < -0.3 is 15.0 Å². The predicted molar refractivity (Wildman–Crippen MR) is 89.2 cm³/mol. The molecule has 3 atom stereocenters. The van der Waals surface area contributed by atoms with Gasteiger partial charge in [0.2, 0.25) is 5.91 Å². The molecule has 3 rings (SSSR count). The van der Waals surface area contributed by atoms with Crippen molar-refractivity contribution in [1.29, 1.82) is 0 Å². The molecule has 3 unspecified atom stereocenters. The molecule has 5 heteroatoms. The van der Waals surface area contributed by atoms with Gasteiger partial charge in [0.1, 0.15) is 6.10 Å². The standard InChI is InChI=1S/C17H24N2O2.ClH/c1-13-12-21-16(14-6-3-2-4-7-14)11-19(13)17(20)15-8-5-9-18-10-15;/h2-4,6-7,13,15-16,18H,5,8-12H2,1H3;1H. The number of carbonyl (C=O) groups excluding carboxylic acids is 1. The van der Waals surface area contributed by atoms with E-state index in [1.165, 1.54) is 0 Å². The minimum atomic E-state index is 0. The SMILES string of the molecule is CC1COC(c2ccccc2)CN1C(=O)C1CCCNC1.Cl. The van der Waals surface area contributed by atoms with Crippen molar-refractivity contribution < 1.29 is 9.53 Å². The molecule has 2 saturated heterocycles. The summed E-state index contributed by atoms with van der Waals surface area (Å²) < 4.78 is 5.93. The summed E-state index contributed by atoms with van der Waals surface area (Å²) in [6.07, 6.45) is 2.10. The first-order chi connectivity index (χ1) is 10.3. The van der Waals surface area contributed by atoms with Gasteiger partial charge in [-0.2, -0.15) is 0 Å². The van der Waals surface area contributed by atoms with Crippen molar-refractivity contribution in [2.24, 2.45) is 5.92 Å². The van der Waals surface area contributed by atoms with E-state index >= 15 is 0 Å². The van der Waals surface area contributed by atoms with Crippen LogP contribution in [0.25, 0.3) is 0 Å². The second-order valence-electron chi connectivity index (χ2n) is 6.12. The Morgan fingerprint density at radius 3 is 2.77 bits per heavy atom. The van der Waals surface area contributed by atoms with Gasteiger partial charge >= 0.3 is 0 Å². The van der Waals surface area contributed by atoms with E-state index < -0.39 is 0 Å². The van der Waals surface area contributed by atoms with Crippen LogP contribution in [0.2, 0.25) is 0 Å². The monoisotopic (exact) mass is 324 g/mol. The Morgan fingerprint density at radius 2 is 2.09 bits per heavy atom. The van der Waals surface area contributed by atoms with Gasteiger partial charge in [0.05, 0.1) is 25.1 Å². The largest absolute Gasteiger partial charge is 0.370 e. The normalized spacial score (nSPS) is 28.8. The number of hydrogen-bond donors (Lipinski definition) is 1. The van der Waals surface area contributed by atoms with Gasteiger partial charge in [0.25, 0.3) is 0 Å². The summed E-state index contributed by atoms with van der Waals surface area (Å²) in [4.78, 5) is 14.8. The van der Waals surface area contributed by atoms with Crippen molar-refractivity contribution in [3.8, 4) is 0 Å². The van der Waals surface area contributed by atoms with E-state index in [1.807, 2.05) is 23.1 Å². The lowest BCUT2D eigenvalue weighted by atomic mass is 9.96. The first-order valence-corrected chi connectivity index (χ1v) is 7.93. The quantitative estimate of drug-likeness (QED) is 0.908. The fraction of sp³-hybridized carbons (Fsp3) is 0.588. The summed E-state index contributed by atoms with van der Waals surface area (Å²) in [5.74, 6) is 0.426. The third-order valence-corrected chi connectivity index (χ3v) is 4.53. The Balaban J connectivity index is 0.00000176. The second kappa shape index (κ2) is 7.95. The van der Waals surface area contributed by atoms with Crippen LogP contribution >= 0.6 is 12.4 Å². The summed E-state index contributed by atoms with van der Waals surface area (Å²) in [5.41, 5.74) is 1.16. The van der Waals surface area contributed by atoms with Crippen molar-refractivity contribution in [2.75, 3.05) is 26.2 Å². The van der Waals surface area contributed by atoms with Gasteiger partial charge in [0.15, 0.2) is 0 Å². The number of amides is 1. The van der Waals surface area contributed by atoms with E-state index in [2.05, 4.69) is 24.4 Å². The lowest BCUT2D eigenvalue weighted by Crippen LogP contribution is -2.52. The Bertz CT molecular complexity index is 477. The molecule has 1 N–H and O–H groups in total. The van der Waals surface area contributed by atoms with Gasteiger partial charge in [-0.1, -0.05) is 30.3 Å². The second-order valence-corrected chi connectivity index (χ2v) is 6.12. The van der Waals surface area contributed by atoms with Crippen LogP contribution in [0, 0.1) is 5.92 Å². The highest BCUT2D eigenvalue weighted by Crippen LogP contribution is 2.26. The molecule has 4 nitrogen and oxygen atoms in total. The molecule has 0 radical (unpaired) electrons. The summed E-state index contributed by atoms with van der Waals surface area (Å²) in [6, 6.07) is 10.4. The zero-order valence-corrected chi connectivity index (χ0v) is 13.8. The molecule has 0 spiro atoms. The minimum absolute atomic E-state index is 0. The van der Waals surface area contributed by atoms with Gasteiger partial charge in [0, 0.05) is 6.54 Å². The number of nitrogens with one attached hydrogen (secondary N) is 1. The number of piperidine rings is 1. The van der Waals surface area contributed by atoms with Crippen LogP contribution in [-0.4, -0.2) is 43.1 Å². The smallest absolute Gasteiger partial charge is 0.227 e. The maximum absolute atomic E-state index is 12.8. The number of halogens is 1.